The van der Waals surface area contributed by atoms with E-state index in [-0.39, 0.29) is 30.8 Å². The SMILES string of the molecule is Cc1ccc(N2C(=O)CC(c3cccc(C)c3)C3=C2COC3=O)cc1. The van der Waals surface area contributed by atoms with Gasteiger partial charge in [-0.15, -0.1) is 0 Å². The van der Waals surface area contributed by atoms with E-state index >= 15 is 0 Å². The van der Waals surface area contributed by atoms with Crippen molar-refractivity contribution < 1.29 is 14.3 Å². The molecule has 2 aromatic rings. The highest BCUT2D eigenvalue weighted by Gasteiger charge is 2.42. The van der Waals surface area contributed by atoms with Gasteiger partial charge in [0.15, 0.2) is 0 Å². The number of hydrogen-bond acceptors (Lipinski definition) is 3. The molecule has 0 radical (unpaired) electrons. The second kappa shape index (κ2) is 5.88. The molecule has 2 aliphatic heterocycles. The van der Waals surface area contributed by atoms with Crippen LogP contribution in [0, 0.1) is 13.8 Å². The summed E-state index contributed by atoms with van der Waals surface area (Å²) in [6.07, 6.45) is 0.269. The maximum absolute atomic E-state index is 12.9. The van der Waals surface area contributed by atoms with Crippen LogP contribution >= 0.6 is 0 Å². The van der Waals surface area contributed by atoms with Gasteiger partial charge in [-0.25, -0.2) is 4.79 Å². The van der Waals surface area contributed by atoms with Gasteiger partial charge in [0.05, 0.1) is 11.3 Å². The van der Waals surface area contributed by atoms with Crippen LogP contribution in [0.25, 0.3) is 0 Å². The van der Waals surface area contributed by atoms with Gasteiger partial charge >= 0.3 is 5.97 Å². The number of aryl methyl sites for hydroxylation is 2. The highest BCUT2D eigenvalue weighted by Crippen LogP contribution is 2.41. The lowest BCUT2D eigenvalue weighted by Gasteiger charge is -2.32. The van der Waals surface area contributed by atoms with Gasteiger partial charge in [-0.1, -0.05) is 47.5 Å². The summed E-state index contributed by atoms with van der Waals surface area (Å²) < 4.78 is 5.30. The van der Waals surface area contributed by atoms with Crippen molar-refractivity contribution >= 4 is 17.6 Å². The number of ether oxygens (including phenoxy) is 1. The summed E-state index contributed by atoms with van der Waals surface area (Å²) in [4.78, 5) is 27.0. The first-order chi connectivity index (χ1) is 12.0. The van der Waals surface area contributed by atoms with Gasteiger partial charge in [-0.2, -0.15) is 0 Å². The lowest BCUT2D eigenvalue weighted by molar-refractivity contribution is -0.136. The van der Waals surface area contributed by atoms with E-state index in [1.807, 2.05) is 62.4 Å². The standard InChI is InChI=1S/C21H19NO3/c1-13-6-8-16(9-7-13)22-18-12-25-21(24)20(18)17(11-19(22)23)15-5-3-4-14(2)10-15/h3-10,17H,11-12H2,1-2H3. The van der Waals surface area contributed by atoms with Gasteiger partial charge in [0.25, 0.3) is 0 Å². The number of esters is 1. The van der Waals surface area contributed by atoms with Crippen LogP contribution < -0.4 is 4.90 Å². The summed E-state index contributed by atoms with van der Waals surface area (Å²) in [6.45, 7) is 4.16. The Bertz CT molecular complexity index is 896. The van der Waals surface area contributed by atoms with Gasteiger partial charge < -0.3 is 4.74 Å². The highest BCUT2D eigenvalue weighted by atomic mass is 16.5. The molecule has 0 saturated carbocycles. The van der Waals surface area contributed by atoms with E-state index in [2.05, 4.69) is 0 Å². The molecule has 4 rings (SSSR count). The number of rotatable bonds is 2. The summed E-state index contributed by atoms with van der Waals surface area (Å²) in [7, 11) is 0. The van der Waals surface area contributed by atoms with E-state index in [9.17, 15) is 9.59 Å². The second-order valence-electron chi connectivity index (χ2n) is 6.67. The van der Waals surface area contributed by atoms with Gasteiger partial charge in [0.2, 0.25) is 5.91 Å². The van der Waals surface area contributed by atoms with E-state index < -0.39 is 0 Å². The zero-order chi connectivity index (χ0) is 17.6. The van der Waals surface area contributed by atoms with Crippen molar-refractivity contribution in [2.24, 2.45) is 0 Å². The van der Waals surface area contributed by atoms with Crippen LogP contribution in [0.1, 0.15) is 29.0 Å². The van der Waals surface area contributed by atoms with Crippen LogP contribution in [0.4, 0.5) is 5.69 Å². The first-order valence-electron chi connectivity index (χ1n) is 8.41. The van der Waals surface area contributed by atoms with E-state index in [1.165, 1.54) is 0 Å². The molecule has 0 aromatic heterocycles. The molecule has 1 unspecified atom stereocenters. The molecule has 0 saturated heterocycles. The molecule has 126 valence electrons. The average molecular weight is 333 g/mol. The van der Waals surface area contributed by atoms with Gasteiger partial charge in [0, 0.05) is 18.0 Å². The Morgan fingerprint density at radius 1 is 1.00 bits per heavy atom. The molecule has 0 spiro atoms. The van der Waals surface area contributed by atoms with Crippen LogP contribution in [0.15, 0.2) is 59.8 Å². The van der Waals surface area contributed by atoms with Crippen molar-refractivity contribution in [1.82, 2.24) is 0 Å². The molecule has 1 amide bonds. The van der Waals surface area contributed by atoms with Crippen LogP contribution in [-0.4, -0.2) is 18.5 Å². The van der Waals surface area contributed by atoms with E-state index in [4.69, 9.17) is 4.74 Å². The smallest absolute Gasteiger partial charge is 0.336 e. The molecule has 0 aliphatic carbocycles. The maximum Gasteiger partial charge on any atom is 0.336 e. The van der Waals surface area contributed by atoms with Crippen molar-refractivity contribution in [2.45, 2.75) is 26.2 Å². The van der Waals surface area contributed by atoms with Crippen molar-refractivity contribution in [3.63, 3.8) is 0 Å². The molecule has 1 atom stereocenters. The van der Waals surface area contributed by atoms with Gasteiger partial charge in [-0.05, 0) is 31.5 Å². The van der Waals surface area contributed by atoms with E-state index in [0.717, 1.165) is 22.4 Å². The number of anilines is 1. The lowest BCUT2D eigenvalue weighted by atomic mass is 9.83. The normalized spacial score (nSPS) is 19.9. The fraction of sp³-hybridized carbons (Fsp3) is 0.238. The van der Waals surface area contributed by atoms with Crippen molar-refractivity contribution in [3.05, 3.63) is 76.5 Å². The van der Waals surface area contributed by atoms with Crippen LogP contribution in [0.3, 0.4) is 0 Å². The molecule has 25 heavy (non-hydrogen) atoms. The summed E-state index contributed by atoms with van der Waals surface area (Å²) in [5, 5.41) is 0. The van der Waals surface area contributed by atoms with Crippen LogP contribution in [0.5, 0.6) is 0 Å². The minimum absolute atomic E-state index is 0.00703. The minimum atomic E-state index is -0.314. The Balaban J connectivity index is 1.83. The monoisotopic (exact) mass is 333 g/mol. The number of hydrogen-bond donors (Lipinski definition) is 0. The fourth-order valence-electron chi connectivity index (χ4n) is 3.62. The number of carbonyl (C=O) groups excluding carboxylic acids is 2. The fourth-order valence-corrected chi connectivity index (χ4v) is 3.62. The molecular formula is C21H19NO3. The topological polar surface area (TPSA) is 46.6 Å². The Kier molecular flexibility index (Phi) is 3.68. The van der Waals surface area contributed by atoms with Crippen LogP contribution in [0.2, 0.25) is 0 Å². The summed E-state index contributed by atoms with van der Waals surface area (Å²) in [6, 6.07) is 15.7. The van der Waals surface area contributed by atoms with Crippen LogP contribution in [-0.2, 0) is 14.3 Å². The molecule has 0 bridgehead atoms. The number of benzene rings is 2. The molecule has 2 aromatic carbocycles. The average Bonchev–Trinajstić information content (AvgIpc) is 2.97. The number of nitrogens with zero attached hydrogens (tertiary/aromatic N) is 1. The highest BCUT2D eigenvalue weighted by molar-refractivity contribution is 6.06. The Hall–Kier alpha value is -2.88. The molecule has 4 nitrogen and oxygen atoms in total. The first-order valence-corrected chi connectivity index (χ1v) is 8.41. The van der Waals surface area contributed by atoms with Gasteiger partial charge in [0.1, 0.15) is 6.61 Å². The molecule has 4 heteroatoms. The molecular weight excluding hydrogens is 314 g/mol. The maximum atomic E-state index is 12.9. The molecule has 2 heterocycles. The zero-order valence-corrected chi connectivity index (χ0v) is 14.3. The largest absolute Gasteiger partial charge is 0.456 e. The summed E-state index contributed by atoms with van der Waals surface area (Å²) >= 11 is 0. The Labute approximate surface area is 146 Å². The third kappa shape index (κ3) is 2.64. The number of cyclic esters (lactones) is 1. The minimum Gasteiger partial charge on any atom is -0.456 e. The van der Waals surface area contributed by atoms with Crippen molar-refractivity contribution in [3.8, 4) is 0 Å². The second-order valence-corrected chi connectivity index (χ2v) is 6.67. The third-order valence-corrected chi connectivity index (χ3v) is 4.85. The Morgan fingerprint density at radius 2 is 1.76 bits per heavy atom. The number of carbonyl (C=O) groups is 2. The van der Waals surface area contributed by atoms with Crippen molar-refractivity contribution in [1.29, 1.82) is 0 Å². The molecule has 0 fully saturated rings. The Morgan fingerprint density at radius 3 is 2.48 bits per heavy atom. The van der Waals surface area contributed by atoms with E-state index in [0.29, 0.717) is 11.3 Å². The lowest BCUT2D eigenvalue weighted by Crippen LogP contribution is -2.37. The zero-order valence-electron chi connectivity index (χ0n) is 14.3. The molecule has 0 N–H and O–H groups in total. The first kappa shape index (κ1) is 15.6. The van der Waals surface area contributed by atoms with Crippen molar-refractivity contribution in [2.75, 3.05) is 11.5 Å². The molecule has 2 aliphatic rings. The quantitative estimate of drug-likeness (QED) is 0.788. The number of amides is 1. The predicted octanol–water partition coefficient (Wildman–Crippen LogP) is 3.63. The van der Waals surface area contributed by atoms with E-state index in [1.54, 1.807) is 4.90 Å². The predicted molar refractivity (Wildman–Crippen MR) is 95.2 cm³/mol. The summed E-state index contributed by atoms with van der Waals surface area (Å²) in [5.41, 5.74) is 5.30. The third-order valence-electron chi connectivity index (χ3n) is 4.85. The van der Waals surface area contributed by atoms with Gasteiger partial charge in [-0.3, -0.25) is 9.69 Å². The summed E-state index contributed by atoms with van der Waals surface area (Å²) in [5.74, 6) is -0.558.